The Morgan fingerprint density at radius 2 is 2.12 bits per heavy atom. The zero-order valence-corrected chi connectivity index (χ0v) is 14.2. The summed E-state index contributed by atoms with van der Waals surface area (Å²) in [6.45, 7) is 2.36. The van der Waals surface area contributed by atoms with Crippen molar-refractivity contribution in [2.45, 2.75) is 25.9 Å². The third-order valence-electron chi connectivity index (χ3n) is 4.15. The molecule has 0 fully saturated rings. The largest absolute Gasteiger partial charge is 0.339 e. The van der Waals surface area contributed by atoms with Crippen molar-refractivity contribution in [2.75, 3.05) is 7.05 Å². The molecule has 0 radical (unpaired) electrons. The number of hydrogen-bond acceptors (Lipinski definition) is 3. The van der Waals surface area contributed by atoms with Crippen molar-refractivity contribution in [3.8, 4) is 11.3 Å². The smallest absolute Gasteiger partial charge is 0.247 e. The van der Waals surface area contributed by atoms with Crippen molar-refractivity contribution < 1.29 is 9.18 Å². The SMILES string of the molecule is CC[C@@H](C(=O)N(C)Cc1cn[nH]c1-c1ccc(F)cc1)n1cccn1. The van der Waals surface area contributed by atoms with Gasteiger partial charge in [0.25, 0.3) is 0 Å². The highest BCUT2D eigenvalue weighted by molar-refractivity contribution is 5.80. The van der Waals surface area contributed by atoms with Gasteiger partial charge >= 0.3 is 0 Å². The molecule has 7 heteroatoms. The Labute approximate surface area is 145 Å². The molecular formula is C18H20FN5O. The Hall–Kier alpha value is -2.96. The van der Waals surface area contributed by atoms with Gasteiger partial charge in [-0.25, -0.2) is 4.39 Å². The van der Waals surface area contributed by atoms with Crippen LogP contribution in [-0.2, 0) is 11.3 Å². The van der Waals surface area contributed by atoms with Gasteiger partial charge in [-0.15, -0.1) is 0 Å². The lowest BCUT2D eigenvalue weighted by Gasteiger charge is -2.23. The number of aromatic amines is 1. The fourth-order valence-electron chi connectivity index (χ4n) is 2.83. The summed E-state index contributed by atoms with van der Waals surface area (Å²) in [6.07, 6.45) is 5.80. The lowest BCUT2D eigenvalue weighted by atomic mass is 10.1. The van der Waals surface area contributed by atoms with Gasteiger partial charge in [0.05, 0.1) is 11.9 Å². The first-order chi connectivity index (χ1) is 12.1. The molecular weight excluding hydrogens is 321 g/mol. The average Bonchev–Trinajstić information content (AvgIpc) is 3.28. The van der Waals surface area contributed by atoms with Gasteiger partial charge in [0, 0.05) is 37.1 Å². The summed E-state index contributed by atoms with van der Waals surface area (Å²) in [4.78, 5) is 14.4. The van der Waals surface area contributed by atoms with Crippen LogP contribution in [0.25, 0.3) is 11.3 Å². The minimum atomic E-state index is -0.332. The summed E-state index contributed by atoms with van der Waals surface area (Å²) in [5.41, 5.74) is 2.48. The highest BCUT2D eigenvalue weighted by atomic mass is 19.1. The molecule has 0 saturated heterocycles. The average molecular weight is 341 g/mol. The van der Waals surface area contributed by atoms with Crippen molar-refractivity contribution in [2.24, 2.45) is 0 Å². The molecule has 0 bridgehead atoms. The first kappa shape index (κ1) is 16.9. The minimum absolute atomic E-state index is 0.0162. The molecule has 6 nitrogen and oxygen atoms in total. The van der Waals surface area contributed by atoms with E-state index in [1.54, 1.807) is 53.4 Å². The molecule has 1 amide bonds. The molecule has 25 heavy (non-hydrogen) atoms. The van der Waals surface area contributed by atoms with E-state index in [1.807, 2.05) is 6.92 Å². The van der Waals surface area contributed by atoms with Gasteiger partial charge < -0.3 is 4.90 Å². The zero-order valence-electron chi connectivity index (χ0n) is 14.2. The molecule has 0 unspecified atom stereocenters. The molecule has 3 rings (SSSR count). The predicted octanol–water partition coefficient (Wildman–Crippen LogP) is 3.02. The Kier molecular flexibility index (Phi) is 4.92. The minimum Gasteiger partial charge on any atom is -0.339 e. The van der Waals surface area contributed by atoms with Crippen LogP contribution in [0.3, 0.4) is 0 Å². The summed E-state index contributed by atoms with van der Waals surface area (Å²) < 4.78 is 14.8. The number of amides is 1. The Bertz CT molecular complexity index is 826. The maximum Gasteiger partial charge on any atom is 0.247 e. The first-order valence-corrected chi connectivity index (χ1v) is 8.12. The normalized spacial score (nSPS) is 12.1. The van der Waals surface area contributed by atoms with E-state index in [4.69, 9.17) is 0 Å². The number of nitrogens with one attached hydrogen (secondary N) is 1. The Morgan fingerprint density at radius 3 is 2.76 bits per heavy atom. The molecule has 3 aromatic rings. The number of halogens is 1. The second kappa shape index (κ2) is 7.29. The van der Waals surface area contributed by atoms with Crippen LogP contribution >= 0.6 is 0 Å². The van der Waals surface area contributed by atoms with E-state index in [-0.39, 0.29) is 17.8 Å². The van der Waals surface area contributed by atoms with Gasteiger partial charge in [-0.05, 0) is 36.8 Å². The number of benzene rings is 1. The predicted molar refractivity (Wildman–Crippen MR) is 92.0 cm³/mol. The third kappa shape index (κ3) is 3.60. The van der Waals surface area contributed by atoms with E-state index in [1.165, 1.54) is 12.1 Å². The quantitative estimate of drug-likeness (QED) is 0.749. The lowest BCUT2D eigenvalue weighted by Crippen LogP contribution is -2.34. The third-order valence-corrected chi connectivity index (χ3v) is 4.15. The monoisotopic (exact) mass is 341 g/mol. The van der Waals surface area contributed by atoms with Crippen LogP contribution in [0.4, 0.5) is 4.39 Å². The zero-order chi connectivity index (χ0) is 17.8. The number of rotatable bonds is 6. The van der Waals surface area contributed by atoms with Crippen LogP contribution in [-0.4, -0.2) is 37.8 Å². The van der Waals surface area contributed by atoms with Crippen LogP contribution in [0.5, 0.6) is 0 Å². The van der Waals surface area contributed by atoms with E-state index in [0.717, 1.165) is 16.8 Å². The van der Waals surface area contributed by atoms with Crippen molar-refractivity contribution in [3.05, 3.63) is 60.3 Å². The molecule has 1 aromatic carbocycles. The molecule has 0 saturated carbocycles. The maximum absolute atomic E-state index is 13.1. The molecule has 0 aliphatic rings. The number of carbonyl (C=O) groups excluding carboxylic acids is 1. The number of nitrogens with zero attached hydrogens (tertiary/aromatic N) is 4. The van der Waals surface area contributed by atoms with Crippen molar-refractivity contribution in [3.63, 3.8) is 0 Å². The van der Waals surface area contributed by atoms with Crippen molar-refractivity contribution >= 4 is 5.91 Å². The van der Waals surface area contributed by atoms with Crippen molar-refractivity contribution in [1.82, 2.24) is 24.9 Å². The molecule has 0 spiro atoms. The summed E-state index contributed by atoms with van der Waals surface area (Å²) >= 11 is 0. The molecule has 130 valence electrons. The van der Waals surface area contributed by atoms with Crippen LogP contribution in [0, 0.1) is 5.82 Å². The van der Waals surface area contributed by atoms with E-state index in [9.17, 15) is 9.18 Å². The van der Waals surface area contributed by atoms with E-state index < -0.39 is 0 Å². The maximum atomic E-state index is 13.1. The van der Waals surface area contributed by atoms with Gasteiger partial charge in [-0.1, -0.05) is 6.92 Å². The fourth-order valence-corrected chi connectivity index (χ4v) is 2.83. The van der Waals surface area contributed by atoms with Gasteiger partial charge in [0.15, 0.2) is 0 Å². The van der Waals surface area contributed by atoms with E-state index in [0.29, 0.717) is 13.0 Å². The van der Waals surface area contributed by atoms with E-state index in [2.05, 4.69) is 15.3 Å². The molecule has 1 atom stereocenters. The topological polar surface area (TPSA) is 66.8 Å². The van der Waals surface area contributed by atoms with Crippen LogP contribution in [0.15, 0.2) is 48.9 Å². The van der Waals surface area contributed by atoms with Crippen LogP contribution in [0.1, 0.15) is 24.9 Å². The van der Waals surface area contributed by atoms with Gasteiger partial charge in [0.1, 0.15) is 11.9 Å². The summed E-state index contributed by atoms with van der Waals surface area (Å²) in [7, 11) is 1.76. The summed E-state index contributed by atoms with van der Waals surface area (Å²) in [6, 6.07) is 7.65. The van der Waals surface area contributed by atoms with Gasteiger partial charge in [-0.2, -0.15) is 10.2 Å². The number of H-pyrrole nitrogens is 1. The highest BCUT2D eigenvalue weighted by Crippen LogP contribution is 2.23. The van der Waals surface area contributed by atoms with Crippen LogP contribution < -0.4 is 0 Å². The Morgan fingerprint density at radius 1 is 1.36 bits per heavy atom. The summed E-state index contributed by atoms with van der Waals surface area (Å²) in [5, 5.41) is 11.2. The number of aromatic nitrogens is 4. The second-order valence-electron chi connectivity index (χ2n) is 5.88. The van der Waals surface area contributed by atoms with Crippen LogP contribution in [0.2, 0.25) is 0 Å². The first-order valence-electron chi connectivity index (χ1n) is 8.12. The number of likely N-dealkylation sites (N-methyl/N-ethyl adjacent to an activating group) is 1. The summed E-state index contributed by atoms with van der Waals surface area (Å²) in [5.74, 6) is -0.306. The standard InChI is InChI=1S/C18H20FN5O/c1-3-16(24-10-4-9-21-24)18(25)23(2)12-14-11-20-22-17(14)13-5-7-15(19)8-6-13/h4-11,16H,3,12H2,1-2H3,(H,20,22)/t16-/m0/s1. The second-order valence-corrected chi connectivity index (χ2v) is 5.88. The van der Waals surface area contributed by atoms with Gasteiger partial charge in [0.2, 0.25) is 5.91 Å². The van der Waals surface area contributed by atoms with E-state index >= 15 is 0 Å². The van der Waals surface area contributed by atoms with Gasteiger partial charge in [-0.3, -0.25) is 14.6 Å². The molecule has 1 N–H and O–H groups in total. The fraction of sp³-hybridized carbons (Fsp3) is 0.278. The highest BCUT2D eigenvalue weighted by Gasteiger charge is 2.23. The number of hydrogen-bond donors (Lipinski definition) is 1. The van der Waals surface area contributed by atoms with Crippen molar-refractivity contribution in [1.29, 1.82) is 0 Å². The number of carbonyl (C=O) groups is 1. The molecule has 2 aromatic heterocycles. The Balaban J connectivity index is 1.77. The molecule has 0 aliphatic heterocycles. The molecule has 0 aliphatic carbocycles. The molecule has 2 heterocycles. The lowest BCUT2D eigenvalue weighted by molar-refractivity contribution is -0.134.